The zero-order chi connectivity index (χ0) is 21.3. The smallest absolute Gasteiger partial charge is 0.340 e. The lowest BCUT2D eigenvalue weighted by molar-refractivity contribution is -0.137. The number of esters is 1. The van der Waals surface area contributed by atoms with Crippen molar-refractivity contribution in [3.63, 3.8) is 0 Å². The molecule has 0 aliphatic rings. The van der Waals surface area contributed by atoms with Crippen molar-refractivity contribution in [2.24, 2.45) is 5.10 Å². The van der Waals surface area contributed by atoms with Gasteiger partial charge in [0.2, 0.25) is 9.84 Å². The summed E-state index contributed by atoms with van der Waals surface area (Å²) in [5.41, 5.74) is 2.47. The molecule has 0 unspecified atom stereocenters. The van der Waals surface area contributed by atoms with E-state index in [2.05, 4.69) is 15.8 Å². The van der Waals surface area contributed by atoms with Crippen LogP contribution in [0.2, 0.25) is 0 Å². The van der Waals surface area contributed by atoms with Crippen LogP contribution in [0.5, 0.6) is 0 Å². The van der Waals surface area contributed by atoms with Gasteiger partial charge in [0.1, 0.15) is 0 Å². The van der Waals surface area contributed by atoms with Crippen LogP contribution in [-0.4, -0.2) is 32.7 Å². The van der Waals surface area contributed by atoms with Gasteiger partial charge in [0.15, 0.2) is 0 Å². The molecule has 0 heterocycles. The Hall–Kier alpha value is -3.46. The molecule has 0 bridgehead atoms. The first-order valence-corrected chi connectivity index (χ1v) is 10.2. The van der Waals surface area contributed by atoms with Crippen LogP contribution in [0, 0.1) is 0 Å². The summed E-state index contributed by atoms with van der Waals surface area (Å²) < 4.78 is 30.1. The van der Waals surface area contributed by atoms with Gasteiger partial charge in [-0.3, -0.25) is 0 Å². The minimum atomic E-state index is -3.93. The molecule has 2 aromatic rings. The topological polar surface area (TPSA) is 114 Å². The maximum absolute atomic E-state index is 12.6. The van der Waals surface area contributed by atoms with Gasteiger partial charge in [-0.05, 0) is 38.1 Å². The molecule has 2 amide bonds. The summed E-state index contributed by atoms with van der Waals surface area (Å²) in [6.07, 6.45) is 0. The van der Waals surface area contributed by atoms with E-state index >= 15 is 0 Å². The maximum atomic E-state index is 12.6. The fourth-order valence-corrected chi connectivity index (χ4v) is 3.45. The number of amides is 2. The van der Waals surface area contributed by atoms with Gasteiger partial charge in [0, 0.05) is 5.69 Å². The molecule has 2 aromatic carbocycles. The number of hydrogen-bond acceptors (Lipinski definition) is 6. The van der Waals surface area contributed by atoms with E-state index in [1.807, 2.05) is 0 Å². The van der Waals surface area contributed by atoms with E-state index in [1.165, 1.54) is 19.1 Å². The maximum Gasteiger partial charge on any atom is 0.340 e. The van der Waals surface area contributed by atoms with Crippen LogP contribution >= 0.6 is 0 Å². The number of ether oxygens (including phenoxy) is 1. The Bertz CT molecular complexity index is 1020. The molecule has 0 aliphatic carbocycles. The largest absolute Gasteiger partial charge is 0.462 e. The predicted octanol–water partition coefficient (Wildman–Crippen LogP) is 3.10. The number of urea groups is 1. The molecular formula is C20H21N3O5S. The Labute approximate surface area is 169 Å². The third kappa shape index (κ3) is 6.58. The number of anilines is 1. The van der Waals surface area contributed by atoms with Gasteiger partial charge in [-0.15, -0.1) is 0 Å². The highest BCUT2D eigenvalue weighted by atomic mass is 32.2. The number of para-hydroxylation sites is 1. The van der Waals surface area contributed by atoms with Crippen molar-refractivity contribution in [1.29, 1.82) is 0 Å². The molecule has 0 atom stereocenters. The highest BCUT2D eigenvalue weighted by Crippen LogP contribution is 2.15. The Morgan fingerprint density at radius 2 is 1.62 bits per heavy atom. The van der Waals surface area contributed by atoms with Crippen molar-refractivity contribution in [2.45, 2.75) is 18.7 Å². The Balaban J connectivity index is 2.25. The third-order valence-corrected chi connectivity index (χ3v) is 5.06. The molecule has 0 aliphatic heterocycles. The molecule has 2 N–H and O–H groups in total. The van der Waals surface area contributed by atoms with E-state index in [4.69, 9.17) is 4.74 Å². The van der Waals surface area contributed by atoms with Gasteiger partial charge in [-0.1, -0.05) is 36.4 Å². The lowest BCUT2D eigenvalue weighted by Gasteiger charge is -2.09. The number of benzene rings is 2. The molecular weight excluding hydrogens is 394 g/mol. The lowest BCUT2D eigenvalue weighted by Crippen LogP contribution is -2.26. The van der Waals surface area contributed by atoms with E-state index in [1.54, 1.807) is 55.5 Å². The third-order valence-electron chi connectivity index (χ3n) is 3.59. The molecule has 0 aromatic heterocycles. The van der Waals surface area contributed by atoms with Crippen molar-refractivity contribution in [3.8, 4) is 0 Å². The zero-order valence-electron chi connectivity index (χ0n) is 16.0. The minimum absolute atomic E-state index is 0.0179. The molecule has 0 saturated carbocycles. The standard InChI is InChI=1S/C20H21N3O5S/c1-3-28-19(24)18(14-29(26,27)17-12-8-5-9-13-17)15(2)22-23-20(25)21-16-10-6-4-7-11-16/h4-14H,3H2,1-2H3,(H2,21,23,25)/b18-14-,22-15+. The molecule has 152 valence electrons. The fraction of sp³-hybridized carbons (Fsp3) is 0.150. The van der Waals surface area contributed by atoms with Crippen LogP contribution in [0.4, 0.5) is 10.5 Å². The van der Waals surface area contributed by atoms with E-state index in [0.29, 0.717) is 5.69 Å². The quantitative estimate of drug-likeness (QED) is 0.312. The molecule has 9 heteroatoms. The number of hydrazone groups is 1. The van der Waals surface area contributed by atoms with E-state index < -0.39 is 21.8 Å². The first-order chi connectivity index (χ1) is 13.8. The molecule has 2 rings (SSSR count). The second kappa shape index (κ2) is 10.2. The number of rotatable bonds is 7. The van der Waals surface area contributed by atoms with E-state index in [0.717, 1.165) is 5.41 Å². The van der Waals surface area contributed by atoms with Gasteiger partial charge in [-0.25, -0.2) is 23.4 Å². The molecule has 8 nitrogen and oxygen atoms in total. The molecule has 29 heavy (non-hydrogen) atoms. The number of carbonyl (C=O) groups is 2. The van der Waals surface area contributed by atoms with Crippen molar-refractivity contribution < 1.29 is 22.7 Å². The Morgan fingerprint density at radius 1 is 1.03 bits per heavy atom. The Kier molecular flexibility index (Phi) is 7.67. The summed E-state index contributed by atoms with van der Waals surface area (Å²) in [5.74, 6) is -0.862. The lowest BCUT2D eigenvalue weighted by atomic mass is 10.2. The first kappa shape index (κ1) is 21.8. The van der Waals surface area contributed by atoms with Gasteiger partial charge in [0.05, 0.1) is 28.2 Å². The monoisotopic (exact) mass is 415 g/mol. The number of hydrogen-bond donors (Lipinski definition) is 2. The number of sulfone groups is 1. The number of carbonyl (C=O) groups excluding carboxylic acids is 2. The van der Waals surface area contributed by atoms with Crippen molar-refractivity contribution in [1.82, 2.24) is 5.43 Å². The second-order valence-corrected chi connectivity index (χ2v) is 7.54. The Morgan fingerprint density at radius 3 is 2.21 bits per heavy atom. The van der Waals surface area contributed by atoms with Gasteiger partial charge in [0.25, 0.3) is 0 Å². The summed E-state index contributed by atoms with van der Waals surface area (Å²) in [5, 5.41) is 7.16. The average molecular weight is 415 g/mol. The van der Waals surface area contributed by atoms with Gasteiger partial charge < -0.3 is 10.1 Å². The van der Waals surface area contributed by atoms with Crippen LogP contribution < -0.4 is 10.7 Å². The van der Waals surface area contributed by atoms with Crippen molar-refractivity contribution >= 4 is 33.2 Å². The van der Waals surface area contributed by atoms with Crippen LogP contribution in [0.15, 0.2) is 81.6 Å². The van der Waals surface area contributed by atoms with E-state index in [9.17, 15) is 18.0 Å². The van der Waals surface area contributed by atoms with Crippen LogP contribution in [0.1, 0.15) is 13.8 Å². The van der Waals surface area contributed by atoms with Crippen LogP contribution in [0.3, 0.4) is 0 Å². The second-order valence-electron chi connectivity index (χ2n) is 5.74. The fourth-order valence-electron chi connectivity index (χ4n) is 2.20. The van der Waals surface area contributed by atoms with Crippen molar-refractivity contribution in [3.05, 3.63) is 71.6 Å². The SMILES string of the molecule is CCOC(=O)C(=C\S(=O)(=O)c1ccccc1)/C(C)=N/NC(=O)Nc1ccccc1. The van der Waals surface area contributed by atoms with Gasteiger partial charge in [-0.2, -0.15) is 5.10 Å². The normalized spacial score (nSPS) is 12.2. The molecule has 0 fully saturated rings. The minimum Gasteiger partial charge on any atom is -0.462 e. The molecule has 0 radical (unpaired) electrons. The summed E-state index contributed by atoms with van der Waals surface area (Å²) in [6, 6.07) is 15.7. The zero-order valence-corrected chi connectivity index (χ0v) is 16.8. The van der Waals surface area contributed by atoms with Crippen molar-refractivity contribution in [2.75, 3.05) is 11.9 Å². The predicted molar refractivity (Wildman–Crippen MR) is 110 cm³/mol. The van der Waals surface area contributed by atoms with Gasteiger partial charge >= 0.3 is 12.0 Å². The first-order valence-electron chi connectivity index (χ1n) is 8.69. The number of nitrogens with zero attached hydrogens (tertiary/aromatic N) is 1. The average Bonchev–Trinajstić information content (AvgIpc) is 2.72. The highest BCUT2D eigenvalue weighted by Gasteiger charge is 2.21. The summed E-state index contributed by atoms with van der Waals surface area (Å²) in [7, 11) is -3.93. The summed E-state index contributed by atoms with van der Waals surface area (Å²) in [6.45, 7) is 3.04. The van der Waals surface area contributed by atoms with Crippen LogP contribution in [-0.2, 0) is 19.4 Å². The highest BCUT2D eigenvalue weighted by molar-refractivity contribution is 7.94. The summed E-state index contributed by atoms with van der Waals surface area (Å²) in [4.78, 5) is 24.2. The molecule has 0 saturated heterocycles. The summed E-state index contributed by atoms with van der Waals surface area (Å²) >= 11 is 0. The van der Waals surface area contributed by atoms with Crippen LogP contribution in [0.25, 0.3) is 0 Å². The number of nitrogens with one attached hydrogen (secondary N) is 2. The molecule has 0 spiro atoms. The van der Waals surface area contributed by atoms with E-state index in [-0.39, 0.29) is 22.8 Å².